The Bertz CT molecular complexity index is 374. The van der Waals surface area contributed by atoms with Crippen LogP contribution in [0.5, 0.6) is 0 Å². The number of aryl methyl sites for hydroxylation is 1. The summed E-state index contributed by atoms with van der Waals surface area (Å²) in [5, 5.41) is 0. The number of aromatic nitrogens is 1. The summed E-state index contributed by atoms with van der Waals surface area (Å²) in [7, 11) is 6.25. The quantitative estimate of drug-likeness (QED) is 0.826. The van der Waals surface area contributed by atoms with E-state index in [2.05, 4.69) is 48.9 Å². The summed E-state index contributed by atoms with van der Waals surface area (Å²) in [4.78, 5) is 8.94. The average molecular weight is 250 g/mol. The Morgan fingerprint density at radius 2 is 1.94 bits per heavy atom. The SMILES string of the molecule is Cc1cc(CC(C)N)cnc1N(C)CCN(C)C. The number of likely N-dealkylation sites (N-methyl/N-ethyl adjacent to an activating group) is 2. The lowest BCUT2D eigenvalue weighted by Crippen LogP contribution is -2.29. The highest BCUT2D eigenvalue weighted by Gasteiger charge is 2.08. The van der Waals surface area contributed by atoms with Crippen LogP contribution in [-0.2, 0) is 6.42 Å². The molecule has 0 bridgehead atoms. The van der Waals surface area contributed by atoms with E-state index in [4.69, 9.17) is 5.73 Å². The lowest BCUT2D eigenvalue weighted by Gasteiger charge is -2.22. The highest BCUT2D eigenvalue weighted by atomic mass is 15.2. The molecule has 0 amide bonds. The molecule has 0 fully saturated rings. The van der Waals surface area contributed by atoms with Gasteiger partial charge in [0.15, 0.2) is 0 Å². The zero-order valence-electron chi connectivity index (χ0n) is 12.3. The van der Waals surface area contributed by atoms with Crippen molar-refractivity contribution in [2.75, 3.05) is 39.1 Å². The van der Waals surface area contributed by atoms with Gasteiger partial charge in [-0.05, 0) is 45.5 Å². The zero-order chi connectivity index (χ0) is 13.7. The topological polar surface area (TPSA) is 45.4 Å². The number of nitrogens with two attached hydrogens (primary N) is 1. The molecule has 0 saturated heterocycles. The number of anilines is 1. The second kappa shape index (κ2) is 6.71. The maximum atomic E-state index is 5.81. The van der Waals surface area contributed by atoms with E-state index in [-0.39, 0.29) is 6.04 Å². The second-order valence-corrected chi connectivity index (χ2v) is 5.39. The number of pyridine rings is 1. The van der Waals surface area contributed by atoms with Gasteiger partial charge in [0.05, 0.1) is 0 Å². The predicted molar refractivity (Wildman–Crippen MR) is 78.2 cm³/mol. The normalized spacial score (nSPS) is 12.8. The third-order valence-electron chi connectivity index (χ3n) is 2.91. The lowest BCUT2D eigenvalue weighted by molar-refractivity contribution is 0.416. The molecule has 18 heavy (non-hydrogen) atoms. The number of hydrogen-bond acceptors (Lipinski definition) is 4. The van der Waals surface area contributed by atoms with Crippen molar-refractivity contribution < 1.29 is 0 Å². The smallest absolute Gasteiger partial charge is 0.131 e. The Morgan fingerprint density at radius 3 is 2.44 bits per heavy atom. The van der Waals surface area contributed by atoms with Crippen LogP contribution < -0.4 is 10.6 Å². The van der Waals surface area contributed by atoms with Crippen LogP contribution >= 0.6 is 0 Å². The fourth-order valence-electron chi connectivity index (χ4n) is 1.96. The molecule has 0 aliphatic rings. The van der Waals surface area contributed by atoms with Crippen LogP contribution in [0.1, 0.15) is 18.1 Å². The van der Waals surface area contributed by atoms with Crippen molar-refractivity contribution in [1.29, 1.82) is 0 Å². The summed E-state index contributed by atoms with van der Waals surface area (Å²) in [6, 6.07) is 2.38. The van der Waals surface area contributed by atoms with Crippen molar-refractivity contribution in [3.05, 3.63) is 23.4 Å². The van der Waals surface area contributed by atoms with Gasteiger partial charge >= 0.3 is 0 Å². The van der Waals surface area contributed by atoms with Gasteiger partial charge in [0.25, 0.3) is 0 Å². The maximum absolute atomic E-state index is 5.81. The summed E-state index contributed by atoms with van der Waals surface area (Å²) in [6.07, 6.45) is 2.83. The summed E-state index contributed by atoms with van der Waals surface area (Å²) in [5.41, 5.74) is 8.24. The van der Waals surface area contributed by atoms with Gasteiger partial charge in [-0.3, -0.25) is 0 Å². The van der Waals surface area contributed by atoms with E-state index < -0.39 is 0 Å². The molecule has 0 spiro atoms. The molecule has 4 heteroatoms. The van der Waals surface area contributed by atoms with Gasteiger partial charge in [0, 0.05) is 32.4 Å². The van der Waals surface area contributed by atoms with E-state index in [1.165, 1.54) is 11.1 Å². The Morgan fingerprint density at radius 1 is 1.28 bits per heavy atom. The van der Waals surface area contributed by atoms with Crippen molar-refractivity contribution in [2.45, 2.75) is 26.3 Å². The fourth-order valence-corrected chi connectivity index (χ4v) is 1.96. The molecule has 4 nitrogen and oxygen atoms in total. The fraction of sp³-hybridized carbons (Fsp3) is 0.643. The standard InChI is InChI=1S/C14H26N4/c1-11-8-13(9-12(2)15)10-16-14(11)18(5)7-6-17(3)4/h8,10,12H,6-7,9,15H2,1-5H3. The van der Waals surface area contributed by atoms with Gasteiger partial charge in [0.1, 0.15) is 5.82 Å². The first-order chi connectivity index (χ1) is 8.40. The summed E-state index contributed by atoms with van der Waals surface area (Å²) in [5.74, 6) is 1.06. The van der Waals surface area contributed by atoms with E-state index in [9.17, 15) is 0 Å². The van der Waals surface area contributed by atoms with Crippen LogP contribution in [0.25, 0.3) is 0 Å². The molecule has 0 radical (unpaired) electrons. The molecule has 1 atom stereocenters. The van der Waals surface area contributed by atoms with Gasteiger partial charge in [-0.1, -0.05) is 6.07 Å². The molecule has 102 valence electrons. The van der Waals surface area contributed by atoms with Gasteiger partial charge in [-0.2, -0.15) is 0 Å². The van der Waals surface area contributed by atoms with Crippen molar-refractivity contribution in [3.63, 3.8) is 0 Å². The summed E-state index contributed by atoms with van der Waals surface area (Å²) in [6.45, 7) is 6.14. The Kier molecular flexibility index (Phi) is 5.56. The first-order valence-corrected chi connectivity index (χ1v) is 6.47. The number of rotatable bonds is 6. The average Bonchev–Trinajstić information content (AvgIpc) is 2.25. The molecule has 1 heterocycles. The lowest BCUT2D eigenvalue weighted by atomic mass is 10.1. The van der Waals surface area contributed by atoms with Crippen molar-refractivity contribution in [1.82, 2.24) is 9.88 Å². The minimum Gasteiger partial charge on any atom is -0.358 e. The van der Waals surface area contributed by atoms with E-state index >= 15 is 0 Å². The van der Waals surface area contributed by atoms with Gasteiger partial charge < -0.3 is 15.5 Å². The van der Waals surface area contributed by atoms with E-state index in [1.807, 2.05) is 13.1 Å². The molecule has 1 aromatic heterocycles. The van der Waals surface area contributed by atoms with Crippen molar-refractivity contribution >= 4 is 5.82 Å². The minimum absolute atomic E-state index is 0.184. The van der Waals surface area contributed by atoms with E-state index in [0.717, 1.165) is 25.3 Å². The third kappa shape index (κ3) is 4.63. The highest BCUT2D eigenvalue weighted by Crippen LogP contribution is 2.17. The highest BCUT2D eigenvalue weighted by molar-refractivity contribution is 5.46. The molecule has 1 rings (SSSR count). The van der Waals surface area contributed by atoms with Crippen LogP contribution in [0.3, 0.4) is 0 Å². The van der Waals surface area contributed by atoms with Crippen LogP contribution in [-0.4, -0.2) is 50.2 Å². The van der Waals surface area contributed by atoms with Crippen LogP contribution in [0.4, 0.5) is 5.82 Å². The first-order valence-electron chi connectivity index (χ1n) is 6.47. The third-order valence-corrected chi connectivity index (χ3v) is 2.91. The van der Waals surface area contributed by atoms with Crippen LogP contribution in [0.2, 0.25) is 0 Å². The van der Waals surface area contributed by atoms with E-state index in [1.54, 1.807) is 0 Å². The monoisotopic (exact) mass is 250 g/mol. The Hall–Kier alpha value is -1.13. The molecule has 0 aliphatic carbocycles. The molecule has 1 aromatic rings. The van der Waals surface area contributed by atoms with E-state index in [0.29, 0.717) is 0 Å². The van der Waals surface area contributed by atoms with Gasteiger partial charge in [-0.15, -0.1) is 0 Å². The molecule has 1 unspecified atom stereocenters. The first kappa shape index (κ1) is 14.9. The molecule has 2 N–H and O–H groups in total. The predicted octanol–water partition coefficient (Wildman–Crippen LogP) is 1.28. The van der Waals surface area contributed by atoms with Crippen LogP contribution in [0.15, 0.2) is 12.3 Å². The zero-order valence-corrected chi connectivity index (χ0v) is 12.3. The Labute approximate surface area is 111 Å². The Balaban J connectivity index is 2.72. The minimum atomic E-state index is 0.184. The maximum Gasteiger partial charge on any atom is 0.131 e. The number of hydrogen-bond donors (Lipinski definition) is 1. The molecule has 0 aliphatic heterocycles. The number of nitrogens with zero attached hydrogens (tertiary/aromatic N) is 3. The molecular weight excluding hydrogens is 224 g/mol. The molecule has 0 saturated carbocycles. The van der Waals surface area contributed by atoms with Crippen molar-refractivity contribution in [3.8, 4) is 0 Å². The largest absolute Gasteiger partial charge is 0.358 e. The molecular formula is C14H26N4. The molecule has 0 aromatic carbocycles. The second-order valence-electron chi connectivity index (χ2n) is 5.39. The van der Waals surface area contributed by atoms with Gasteiger partial charge in [0.2, 0.25) is 0 Å². The summed E-state index contributed by atoms with van der Waals surface area (Å²) >= 11 is 0. The van der Waals surface area contributed by atoms with Crippen LogP contribution in [0, 0.1) is 6.92 Å². The van der Waals surface area contributed by atoms with Crippen molar-refractivity contribution in [2.24, 2.45) is 5.73 Å². The van der Waals surface area contributed by atoms with Gasteiger partial charge in [-0.25, -0.2) is 4.98 Å². The summed E-state index contributed by atoms with van der Waals surface area (Å²) < 4.78 is 0.